The summed E-state index contributed by atoms with van der Waals surface area (Å²) in [7, 11) is 0. The molecule has 0 aliphatic heterocycles. The third-order valence-corrected chi connectivity index (χ3v) is 3.41. The van der Waals surface area contributed by atoms with Crippen LogP contribution in [0.3, 0.4) is 0 Å². The molecule has 2 aromatic rings. The smallest absolute Gasteiger partial charge is 0.149 e. The van der Waals surface area contributed by atoms with Gasteiger partial charge >= 0.3 is 0 Å². The van der Waals surface area contributed by atoms with Crippen molar-refractivity contribution in [3.8, 4) is 11.5 Å². The van der Waals surface area contributed by atoms with Gasteiger partial charge in [-0.2, -0.15) is 0 Å². The molecule has 1 unspecified atom stereocenters. The largest absolute Gasteiger partial charge is 0.456 e. The summed E-state index contributed by atoms with van der Waals surface area (Å²) in [6.07, 6.45) is 1.72. The molecular formula is C17H20ClNO. The lowest BCUT2D eigenvalue weighted by molar-refractivity contribution is 0.473. The van der Waals surface area contributed by atoms with Crippen molar-refractivity contribution in [2.45, 2.75) is 32.7 Å². The van der Waals surface area contributed by atoms with Gasteiger partial charge in [-0.3, -0.25) is 0 Å². The number of hydrogen-bond acceptors (Lipinski definition) is 2. The van der Waals surface area contributed by atoms with Gasteiger partial charge in [-0.1, -0.05) is 42.8 Å². The molecule has 0 fully saturated rings. The summed E-state index contributed by atoms with van der Waals surface area (Å²) in [6.45, 7) is 4.10. The van der Waals surface area contributed by atoms with E-state index in [9.17, 15) is 0 Å². The zero-order valence-electron chi connectivity index (χ0n) is 11.9. The monoisotopic (exact) mass is 289 g/mol. The molecule has 2 rings (SSSR count). The predicted molar refractivity (Wildman–Crippen MR) is 84.7 cm³/mol. The lowest BCUT2D eigenvalue weighted by atomic mass is 10.1. The van der Waals surface area contributed by atoms with E-state index in [-0.39, 0.29) is 6.04 Å². The molecule has 0 saturated carbocycles. The minimum Gasteiger partial charge on any atom is -0.456 e. The molecule has 0 bridgehead atoms. The fourth-order valence-electron chi connectivity index (χ4n) is 2.12. The Bertz CT molecular complexity index is 581. The second kappa shape index (κ2) is 6.78. The summed E-state index contributed by atoms with van der Waals surface area (Å²) in [6, 6.07) is 13.9. The molecule has 0 spiro atoms. The van der Waals surface area contributed by atoms with Gasteiger partial charge in [0.25, 0.3) is 0 Å². The zero-order chi connectivity index (χ0) is 14.5. The van der Waals surface area contributed by atoms with Gasteiger partial charge in [-0.15, -0.1) is 0 Å². The number of benzene rings is 2. The first-order valence-corrected chi connectivity index (χ1v) is 7.27. The van der Waals surface area contributed by atoms with Crippen LogP contribution in [0.15, 0.2) is 42.5 Å². The van der Waals surface area contributed by atoms with E-state index in [1.165, 1.54) is 5.56 Å². The molecule has 0 aromatic heterocycles. The highest BCUT2D eigenvalue weighted by molar-refractivity contribution is 6.32. The van der Waals surface area contributed by atoms with Gasteiger partial charge in [0.2, 0.25) is 0 Å². The lowest BCUT2D eigenvalue weighted by Crippen LogP contribution is -2.18. The van der Waals surface area contributed by atoms with Crippen LogP contribution in [0.4, 0.5) is 0 Å². The van der Waals surface area contributed by atoms with Crippen molar-refractivity contribution in [3.05, 3.63) is 58.6 Å². The number of hydrogen-bond donors (Lipinski definition) is 1. The van der Waals surface area contributed by atoms with Crippen LogP contribution in [0.1, 0.15) is 25.0 Å². The van der Waals surface area contributed by atoms with Crippen molar-refractivity contribution in [1.29, 1.82) is 0 Å². The van der Waals surface area contributed by atoms with Crippen molar-refractivity contribution >= 4 is 11.6 Å². The van der Waals surface area contributed by atoms with Crippen molar-refractivity contribution in [2.75, 3.05) is 0 Å². The average Bonchev–Trinajstić information content (AvgIpc) is 2.42. The van der Waals surface area contributed by atoms with E-state index in [0.717, 1.165) is 24.2 Å². The molecule has 2 aromatic carbocycles. The number of para-hydroxylation sites is 1. The fraction of sp³-hybridized carbons (Fsp3) is 0.294. The first-order chi connectivity index (χ1) is 9.60. The summed E-state index contributed by atoms with van der Waals surface area (Å²) in [5, 5.41) is 0.616. The predicted octanol–water partition coefficient (Wildman–Crippen LogP) is 4.58. The highest BCUT2D eigenvalue weighted by atomic mass is 35.5. The van der Waals surface area contributed by atoms with E-state index < -0.39 is 0 Å². The van der Waals surface area contributed by atoms with E-state index in [2.05, 4.69) is 13.0 Å². The first kappa shape index (κ1) is 14.9. The second-order valence-corrected chi connectivity index (χ2v) is 5.42. The van der Waals surface area contributed by atoms with Crippen LogP contribution in [-0.2, 0) is 12.8 Å². The molecule has 1 atom stereocenters. The van der Waals surface area contributed by atoms with E-state index in [0.29, 0.717) is 10.8 Å². The van der Waals surface area contributed by atoms with Crippen LogP contribution in [0.25, 0.3) is 0 Å². The number of halogens is 1. The molecule has 0 aliphatic carbocycles. The van der Waals surface area contributed by atoms with Crippen molar-refractivity contribution < 1.29 is 4.74 Å². The minimum atomic E-state index is 0.0674. The van der Waals surface area contributed by atoms with Gasteiger partial charge in [0.05, 0.1) is 5.02 Å². The van der Waals surface area contributed by atoms with Gasteiger partial charge in [-0.05, 0) is 49.1 Å². The van der Waals surface area contributed by atoms with Gasteiger partial charge in [0.15, 0.2) is 0 Å². The maximum Gasteiger partial charge on any atom is 0.149 e. The Kier molecular flexibility index (Phi) is 5.05. The van der Waals surface area contributed by atoms with Gasteiger partial charge in [0, 0.05) is 6.04 Å². The molecule has 0 heterocycles. The maximum atomic E-state index is 6.27. The lowest BCUT2D eigenvalue weighted by Gasteiger charge is -2.14. The van der Waals surface area contributed by atoms with Crippen molar-refractivity contribution in [3.63, 3.8) is 0 Å². The Labute approximate surface area is 125 Å². The van der Waals surface area contributed by atoms with Crippen LogP contribution in [0.5, 0.6) is 11.5 Å². The summed E-state index contributed by atoms with van der Waals surface area (Å²) in [4.78, 5) is 0. The zero-order valence-corrected chi connectivity index (χ0v) is 12.7. The van der Waals surface area contributed by atoms with Crippen LogP contribution >= 0.6 is 11.6 Å². The number of rotatable bonds is 5. The average molecular weight is 290 g/mol. The van der Waals surface area contributed by atoms with Crippen molar-refractivity contribution in [2.24, 2.45) is 5.73 Å². The van der Waals surface area contributed by atoms with Crippen LogP contribution in [0, 0.1) is 0 Å². The number of nitrogens with two attached hydrogens (primary N) is 1. The SMILES string of the molecule is CCc1cccc(Oc2c(Cl)cccc2CC(C)N)c1. The minimum absolute atomic E-state index is 0.0674. The Morgan fingerprint density at radius 2 is 1.95 bits per heavy atom. The third kappa shape index (κ3) is 3.75. The topological polar surface area (TPSA) is 35.2 Å². The van der Waals surface area contributed by atoms with Crippen LogP contribution < -0.4 is 10.5 Å². The van der Waals surface area contributed by atoms with E-state index in [1.54, 1.807) is 0 Å². The Morgan fingerprint density at radius 1 is 1.20 bits per heavy atom. The van der Waals surface area contributed by atoms with Gasteiger partial charge in [0.1, 0.15) is 11.5 Å². The Morgan fingerprint density at radius 3 is 2.65 bits per heavy atom. The second-order valence-electron chi connectivity index (χ2n) is 5.01. The molecule has 0 saturated heterocycles. The fourth-order valence-corrected chi connectivity index (χ4v) is 2.35. The Balaban J connectivity index is 2.31. The molecule has 20 heavy (non-hydrogen) atoms. The van der Waals surface area contributed by atoms with Gasteiger partial charge in [-0.25, -0.2) is 0 Å². The van der Waals surface area contributed by atoms with Gasteiger partial charge < -0.3 is 10.5 Å². The molecule has 0 amide bonds. The normalized spacial score (nSPS) is 12.2. The number of ether oxygens (including phenoxy) is 1. The van der Waals surface area contributed by atoms with Crippen LogP contribution in [0.2, 0.25) is 5.02 Å². The molecule has 2 nitrogen and oxygen atoms in total. The standard InChI is InChI=1S/C17H20ClNO/c1-3-13-6-4-8-15(11-13)20-17-14(10-12(2)19)7-5-9-16(17)18/h4-9,11-12H,3,10,19H2,1-2H3. The molecule has 3 heteroatoms. The summed E-state index contributed by atoms with van der Waals surface area (Å²) >= 11 is 6.27. The summed E-state index contributed by atoms with van der Waals surface area (Å²) in [5.74, 6) is 1.52. The Hall–Kier alpha value is -1.51. The molecular weight excluding hydrogens is 270 g/mol. The third-order valence-electron chi connectivity index (χ3n) is 3.12. The van der Waals surface area contributed by atoms with Crippen molar-refractivity contribution in [1.82, 2.24) is 0 Å². The maximum absolute atomic E-state index is 6.27. The molecule has 106 valence electrons. The first-order valence-electron chi connectivity index (χ1n) is 6.90. The summed E-state index contributed by atoms with van der Waals surface area (Å²) < 4.78 is 6.00. The highest BCUT2D eigenvalue weighted by Crippen LogP contribution is 2.33. The van der Waals surface area contributed by atoms with E-state index >= 15 is 0 Å². The van der Waals surface area contributed by atoms with Crippen LogP contribution in [-0.4, -0.2) is 6.04 Å². The molecule has 0 aliphatic rings. The molecule has 2 N–H and O–H groups in total. The summed E-state index contributed by atoms with van der Waals surface area (Å²) in [5.41, 5.74) is 8.16. The van der Waals surface area contributed by atoms with E-state index in [4.69, 9.17) is 22.1 Å². The highest BCUT2D eigenvalue weighted by Gasteiger charge is 2.11. The number of aryl methyl sites for hydroxylation is 1. The molecule has 0 radical (unpaired) electrons. The quantitative estimate of drug-likeness (QED) is 0.874. The van der Waals surface area contributed by atoms with E-state index in [1.807, 2.05) is 43.3 Å².